The van der Waals surface area contributed by atoms with Crippen LogP contribution in [-0.4, -0.2) is 17.0 Å². The summed E-state index contributed by atoms with van der Waals surface area (Å²) in [4.78, 5) is 7.49. The number of imidazole rings is 1. The molecule has 0 radical (unpaired) electrons. The van der Waals surface area contributed by atoms with Crippen LogP contribution in [-0.2, 0) is 0 Å². The Morgan fingerprint density at radius 1 is 1.45 bits per heavy atom. The van der Waals surface area contributed by atoms with Gasteiger partial charge in [-0.25, -0.2) is 4.98 Å². The molecule has 0 saturated heterocycles. The summed E-state index contributed by atoms with van der Waals surface area (Å²) in [6, 6.07) is 0. The molecule has 1 aliphatic rings. The highest BCUT2D eigenvalue weighted by Crippen LogP contribution is 1.95. The first-order valence-corrected chi connectivity index (χ1v) is 3.84. The zero-order chi connectivity index (χ0) is 7.68. The molecular formula is C8H11N3. The first-order chi connectivity index (χ1) is 5.40. The lowest BCUT2D eigenvalue weighted by atomic mass is 10.2. The summed E-state index contributed by atoms with van der Waals surface area (Å²) in [6.45, 7) is 0. The minimum Gasteiger partial charge on any atom is -0.359 e. The number of hydrogen-bond acceptors (Lipinski definition) is 2. The lowest BCUT2D eigenvalue weighted by molar-refractivity contribution is 1.09. The number of aromatic amines is 1. The molecule has 11 heavy (non-hydrogen) atoms. The topological polar surface area (TPSA) is 40.7 Å². The van der Waals surface area contributed by atoms with Gasteiger partial charge in [-0.15, -0.1) is 0 Å². The van der Waals surface area contributed by atoms with E-state index in [1.165, 1.54) is 0 Å². The monoisotopic (exact) mass is 149 g/mol. The maximum absolute atomic E-state index is 4.32. The number of H-pyrrole nitrogens is 1. The van der Waals surface area contributed by atoms with Crippen molar-refractivity contribution in [2.24, 2.45) is 0 Å². The summed E-state index contributed by atoms with van der Waals surface area (Å²) in [7, 11) is 1.87. The Morgan fingerprint density at radius 3 is 3.00 bits per heavy atom. The van der Waals surface area contributed by atoms with Gasteiger partial charge in [0.15, 0.2) is 0 Å². The molecule has 0 spiro atoms. The smallest absolute Gasteiger partial charge is 0.200 e. The quantitative estimate of drug-likeness (QED) is 0.581. The van der Waals surface area contributed by atoms with Crippen molar-refractivity contribution in [1.82, 2.24) is 9.97 Å². The van der Waals surface area contributed by atoms with Crippen molar-refractivity contribution in [2.75, 3.05) is 12.4 Å². The molecule has 0 aliphatic heterocycles. The minimum absolute atomic E-state index is 0.851. The second-order valence-corrected chi connectivity index (χ2v) is 2.62. The molecule has 0 aromatic carbocycles. The van der Waals surface area contributed by atoms with Gasteiger partial charge in [-0.05, 0) is 12.8 Å². The van der Waals surface area contributed by atoms with E-state index in [-0.39, 0.29) is 0 Å². The van der Waals surface area contributed by atoms with Gasteiger partial charge in [-0.2, -0.15) is 0 Å². The molecule has 3 heteroatoms. The Bertz CT molecular complexity index is 328. The number of rotatable bonds is 1. The van der Waals surface area contributed by atoms with Gasteiger partial charge in [0.05, 0.1) is 10.7 Å². The van der Waals surface area contributed by atoms with E-state index in [1.54, 1.807) is 0 Å². The fraction of sp³-hybridized carbons (Fsp3) is 0.375. The molecule has 2 rings (SSSR count). The molecule has 1 heterocycles. The van der Waals surface area contributed by atoms with Gasteiger partial charge in [0, 0.05) is 7.05 Å². The Balaban J connectivity index is 2.66. The molecule has 1 aromatic heterocycles. The number of fused-ring (bicyclic) bond motifs is 1. The lowest BCUT2D eigenvalue weighted by Crippen LogP contribution is -2.26. The molecule has 2 N–H and O–H groups in total. The Labute approximate surface area is 64.8 Å². The summed E-state index contributed by atoms with van der Waals surface area (Å²) in [5.74, 6) is 0.851. The zero-order valence-corrected chi connectivity index (χ0v) is 6.52. The molecule has 0 fully saturated rings. The average Bonchev–Trinajstić information content (AvgIpc) is 2.46. The van der Waals surface area contributed by atoms with Crippen LogP contribution in [0.25, 0.3) is 12.2 Å². The maximum atomic E-state index is 4.32. The molecular weight excluding hydrogens is 138 g/mol. The molecule has 58 valence electrons. The van der Waals surface area contributed by atoms with Gasteiger partial charge < -0.3 is 10.3 Å². The second-order valence-electron chi connectivity index (χ2n) is 2.62. The predicted octanol–water partition coefficient (Wildman–Crippen LogP) is -0.194. The summed E-state index contributed by atoms with van der Waals surface area (Å²) in [6.07, 6.45) is 6.58. The van der Waals surface area contributed by atoms with E-state index >= 15 is 0 Å². The molecule has 0 saturated carbocycles. The number of nitrogens with one attached hydrogen (secondary N) is 2. The average molecular weight is 149 g/mol. The van der Waals surface area contributed by atoms with Crippen molar-refractivity contribution in [2.45, 2.75) is 12.8 Å². The van der Waals surface area contributed by atoms with Gasteiger partial charge in [0.25, 0.3) is 0 Å². The van der Waals surface area contributed by atoms with Crippen LogP contribution in [0.1, 0.15) is 12.8 Å². The number of aromatic nitrogens is 2. The normalized spacial score (nSPS) is 14.6. The van der Waals surface area contributed by atoms with E-state index in [9.17, 15) is 0 Å². The Morgan fingerprint density at radius 2 is 2.27 bits per heavy atom. The van der Waals surface area contributed by atoms with Crippen molar-refractivity contribution < 1.29 is 0 Å². The van der Waals surface area contributed by atoms with Gasteiger partial charge in [0.2, 0.25) is 5.95 Å². The molecule has 0 atom stereocenters. The molecule has 1 aromatic rings. The van der Waals surface area contributed by atoms with E-state index in [0.29, 0.717) is 0 Å². The van der Waals surface area contributed by atoms with Crippen LogP contribution < -0.4 is 16.0 Å². The van der Waals surface area contributed by atoms with E-state index in [0.717, 1.165) is 29.5 Å². The SMILES string of the molecule is CNc1nc2c([nH]1)=CCCC=2. The predicted molar refractivity (Wildman–Crippen MR) is 45.5 cm³/mol. The Kier molecular flexibility index (Phi) is 1.42. The van der Waals surface area contributed by atoms with Crippen LogP contribution >= 0.6 is 0 Å². The Hall–Kier alpha value is -1.25. The highest BCUT2D eigenvalue weighted by Gasteiger charge is 1.97. The number of nitrogens with zero attached hydrogens (tertiary/aromatic N) is 1. The third-order valence-corrected chi connectivity index (χ3v) is 1.85. The van der Waals surface area contributed by atoms with Gasteiger partial charge in [0.1, 0.15) is 0 Å². The largest absolute Gasteiger partial charge is 0.359 e. The van der Waals surface area contributed by atoms with Crippen molar-refractivity contribution in [3.8, 4) is 0 Å². The van der Waals surface area contributed by atoms with Gasteiger partial charge in [-0.1, -0.05) is 12.2 Å². The standard InChI is InChI=1S/C8H11N3/c1-9-8-10-6-4-2-3-5-7(6)11-8/h4-5H,2-3H2,1H3,(H2,9,10,11). The van der Waals surface area contributed by atoms with Gasteiger partial charge >= 0.3 is 0 Å². The van der Waals surface area contributed by atoms with Crippen LogP contribution in [0, 0.1) is 0 Å². The minimum atomic E-state index is 0.851. The van der Waals surface area contributed by atoms with Crippen LogP contribution in [0.2, 0.25) is 0 Å². The second kappa shape index (κ2) is 2.42. The molecule has 0 amide bonds. The summed E-state index contributed by atoms with van der Waals surface area (Å²) < 4.78 is 0. The first kappa shape index (κ1) is 6.46. The van der Waals surface area contributed by atoms with Crippen molar-refractivity contribution in [3.63, 3.8) is 0 Å². The summed E-state index contributed by atoms with van der Waals surface area (Å²) >= 11 is 0. The van der Waals surface area contributed by atoms with Crippen molar-refractivity contribution in [3.05, 3.63) is 10.7 Å². The van der Waals surface area contributed by atoms with E-state index in [2.05, 4.69) is 27.4 Å². The summed E-state index contributed by atoms with van der Waals surface area (Å²) in [5, 5.41) is 5.21. The van der Waals surface area contributed by atoms with Crippen LogP contribution in [0.4, 0.5) is 5.95 Å². The van der Waals surface area contributed by atoms with Crippen LogP contribution in [0.3, 0.4) is 0 Å². The highest BCUT2D eigenvalue weighted by molar-refractivity contribution is 5.37. The first-order valence-electron chi connectivity index (χ1n) is 3.84. The maximum Gasteiger partial charge on any atom is 0.200 e. The van der Waals surface area contributed by atoms with Crippen molar-refractivity contribution in [1.29, 1.82) is 0 Å². The third kappa shape index (κ3) is 1.02. The molecule has 3 nitrogen and oxygen atoms in total. The molecule has 0 bridgehead atoms. The number of hydrogen-bond donors (Lipinski definition) is 2. The van der Waals surface area contributed by atoms with Crippen LogP contribution in [0.15, 0.2) is 0 Å². The zero-order valence-electron chi connectivity index (χ0n) is 6.52. The van der Waals surface area contributed by atoms with E-state index in [4.69, 9.17) is 0 Å². The van der Waals surface area contributed by atoms with Gasteiger partial charge in [-0.3, -0.25) is 0 Å². The number of anilines is 1. The van der Waals surface area contributed by atoms with E-state index < -0.39 is 0 Å². The summed E-state index contributed by atoms with van der Waals surface area (Å²) in [5.41, 5.74) is 0. The fourth-order valence-electron chi connectivity index (χ4n) is 1.28. The van der Waals surface area contributed by atoms with E-state index in [1.807, 2.05) is 7.05 Å². The lowest BCUT2D eigenvalue weighted by Gasteiger charge is -1.89. The molecule has 1 aliphatic carbocycles. The third-order valence-electron chi connectivity index (χ3n) is 1.85. The fourth-order valence-corrected chi connectivity index (χ4v) is 1.28. The highest BCUT2D eigenvalue weighted by atomic mass is 15.1. The van der Waals surface area contributed by atoms with Crippen molar-refractivity contribution >= 4 is 18.1 Å². The molecule has 0 unspecified atom stereocenters. The van der Waals surface area contributed by atoms with Crippen LogP contribution in [0.5, 0.6) is 0 Å².